The van der Waals surface area contributed by atoms with Crippen LogP contribution in [0.15, 0.2) is 30.3 Å². The second-order valence-corrected chi connectivity index (χ2v) is 9.47. The van der Waals surface area contributed by atoms with Gasteiger partial charge in [-0.3, -0.25) is 4.57 Å². The molecule has 0 aliphatic heterocycles. The van der Waals surface area contributed by atoms with E-state index in [1.165, 1.54) is 0 Å². The number of hydrogen-bond donors (Lipinski definition) is 0. The van der Waals surface area contributed by atoms with Crippen LogP contribution in [0.5, 0.6) is 0 Å². The second-order valence-electron chi connectivity index (χ2n) is 5.07. The Morgan fingerprint density at radius 3 is 2.36 bits per heavy atom. The molecule has 1 atom stereocenters. The highest BCUT2D eigenvalue weighted by Crippen LogP contribution is 2.63. The fraction of sp³-hybridized carbons (Fsp3) is 0.533. The molecule has 22 heavy (non-hydrogen) atoms. The Hall–Kier alpha value is -0.540. The standard InChI is InChI=1S/C15H21Cl2O4P/c1-4-5-11-20-22(19,13-9-7-6-8-10-13)15(16,17)14(18)21-12(2)3/h6-10,12H,4-5,11H2,1-3H3. The van der Waals surface area contributed by atoms with Crippen molar-refractivity contribution in [1.29, 1.82) is 0 Å². The first-order valence-corrected chi connectivity index (χ1v) is 9.53. The van der Waals surface area contributed by atoms with Gasteiger partial charge in [-0.05, 0) is 32.4 Å². The van der Waals surface area contributed by atoms with E-state index in [9.17, 15) is 9.36 Å². The number of esters is 1. The summed E-state index contributed by atoms with van der Waals surface area (Å²) in [6.45, 7) is 5.48. The molecule has 1 aromatic carbocycles. The highest BCUT2D eigenvalue weighted by Gasteiger charge is 2.56. The van der Waals surface area contributed by atoms with Gasteiger partial charge >= 0.3 is 5.97 Å². The van der Waals surface area contributed by atoms with Crippen LogP contribution in [0, 0.1) is 0 Å². The molecule has 0 aliphatic carbocycles. The zero-order valence-corrected chi connectivity index (χ0v) is 15.3. The van der Waals surface area contributed by atoms with E-state index in [0.29, 0.717) is 6.42 Å². The summed E-state index contributed by atoms with van der Waals surface area (Å²) >= 11 is 12.3. The van der Waals surface area contributed by atoms with Crippen molar-refractivity contribution in [2.24, 2.45) is 0 Å². The average molecular weight is 367 g/mol. The van der Waals surface area contributed by atoms with Gasteiger partial charge in [0.2, 0.25) is 0 Å². The minimum absolute atomic E-state index is 0.193. The summed E-state index contributed by atoms with van der Waals surface area (Å²) in [5, 5.41) is 0.289. The maximum absolute atomic E-state index is 13.3. The molecule has 124 valence electrons. The number of unbranched alkanes of at least 4 members (excludes halogenated alkanes) is 1. The number of ether oxygens (including phenoxy) is 1. The normalized spacial score (nSPS) is 14.6. The third kappa shape index (κ3) is 4.48. The van der Waals surface area contributed by atoms with Crippen molar-refractivity contribution in [2.75, 3.05) is 6.61 Å². The van der Waals surface area contributed by atoms with E-state index < -0.39 is 23.5 Å². The van der Waals surface area contributed by atoms with Crippen LogP contribution in [-0.2, 0) is 18.6 Å². The second kappa shape index (κ2) is 8.35. The third-order valence-electron chi connectivity index (χ3n) is 2.83. The zero-order chi connectivity index (χ0) is 16.8. The molecule has 0 amide bonds. The first kappa shape index (κ1) is 19.5. The molecule has 0 saturated carbocycles. The SMILES string of the molecule is CCCCOP(=O)(c1ccccc1)C(Cl)(Cl)C(=O)OC(C)C. The minimum Gasteiger partial charge on any atom is -0.460 e. The molecule has 1 unspecified atom stereocenters. The van der Waals surface area contributed by atoms with Crippen molar-refractivity contribution < 1.29 is 18.6 Å². The molecule has 0 N–H and O–H groups in total. The van der Waals surface area contributed by atoms with Crippen molar-refractivity contribution in [2.45, 2.75) is 43.8 Å². The van der Waals surface area contributed by atoms with Crippen LogP contribution in [0.2, 0.25) is 0 Å². The largest absolute Gasteiger partial charge is 0.460 e. The van der Waals surface area contributed by atoms with E-state index in [4.69, 9.17) is 32.5 Å². The summed E-state index contributed by atoms with van der Waals surface area (Å²) in [4.78, 5) is 12.2. The number of halogens is 2. The summed E-state index contributed by atoms with van der Waals surface area (Å²) in [7, 11) is -3.86. The van der Waals surface area contributed by atoms with E-state index in [-0.39, 0.29) is 11.9 Å². The summed E-state index contributed by atoms with van der Waals surface area (Å²) in [6.07, 6.45) is 1.10. The average Bonchev–Trinajstić information content (AvgIpc) is 2.47. The summed E-state index contributed by atoms with van der Waals surface area (Å²) in [5.74, 6) is -0.963. The molecule has 0 spiro atoms. The van der Waals surface area contributed by atoms with Gasteiger partial charge < -0.3 is 9.26 Å². The van der Waals surface area contributed by atoms with Gasteiger partial charge in [0, 0.05) is 5.30 Å². The van der Waals surface area contributed by atoms with Gasteiger partial charge in [-0.15, -0.1) is 0 Å². The number of carbonyl (C=O) groups is 1. The molecule has 0 aromatic heterocycles. The van der Waals surface area contributed by atoms with Crippen molar-refractivity contribution in [3.05, 3.63) is 30.3 Å². The van der Waals surface area contributed by atoms with Gasteiger partial charge in [0.05, 0.1) is 12.7 Å². The predicted octanol–water partition coefficient (Wildman–Crippen LogP) is 4.49. The summed E-state index contributed by atoms with van der Waals surface area (Å²) in [5.41, 5.74) is 0. The lowest BCUT2D eigenvalue weighted by atomic mass is 10.4. The molecule has 7 heteroatoms. The van der Waals surface area contributed by atoms with Gasteiger partial charge in [-0.1, -0.05) is 54.7 Å². The van der Waals surface area contributed by atoms with Crippen LogP contribution in [-0.4, -0.2) is 22.8 Å². The van der Waals surface area contributed by atoms with Crippen LogP contribution < -0.4 is 5.30 Å². The Kier molecular flexibility index (Phi) is 7.40. The van der Waals surface area contributed by atoms with Crippen LogP contribution in [0.1, 0.15) is 33.6 Å². The molecule has 0 bridgehead atoms. The number of benzene rings is 1. The topological polar surface area (TPSA) is 52.6 Å². The van der Waals surface area contributed by atoms with Crippen LogP contribution >= 0.6 is 30.6 Å². The molecule has 4 nitrogen and oxygen atoms in total. The van der Waals surface area contributed by atoms with Crippen molar-refractivity contribution in [1.82, 2.24) is 0 Å². The Morgan fingerprint density at radius 1 is 1.27 bits per heavy atom. The highest BCUT2D eigenvalue weighted by atomic mass is 35.5. The maximum atomic E-state index is 13.3. The zero-order valence-electron chi connectivity index (χ0n) is 12.9. The van der Waals surface area contributed by atoms with E-state index in [1.807, 2.05) is 6.92 Å². The molecular weight excluding hydrogens is 346 g/mol. The molecule has 0 fully saturated rings. The molecule has 0 heterocycles. The molecular formula is C15H21Cl2O4P. The van der Waals surface area contributed by atoms with Crippen molar-refractivity contribution in [3.63, 3.8) is 0 Å². The molecule has 0 radical (unpaired) electrons. The highest BCUT2D eigenvalue weighted by molar-refractivity contribution is 7.73. The van der Waals surface area contributed by atoms with Gasteiger partial charge in [-0.2, -0.15) is 0 Å². The fourth-order valence-corrected chi connectivity index (χ4v) is 4.53. The summed E-state index contributed by atoms with van der Waals surface area (Å²) < 4.78 is 21.6. The maximum Gasteiger partial charge on any atom is 0.353 e. The van der Waals surface area contributed by atoms with Crippen LogP contribution in [0.4, 0.5) is 0 Å². The number of rotatable bonds is 8. The number of alkyl halides is 2. The number of hydrogen-bond acceptors (Lipinski definition) is 4. The summed E-state index contributed by atoms with van der Waals surface area (Å²) in [6, 6.07) is 8.28. The minimum atomic E-state index is -3.86. The first-order chi connectivity index (χ1) is 10.3. The lowest BCUT2D eigenvalue weighted by molar-refractivity contribution is -0.146. The van der Waals surface area contributed by atoms with Gasteiger partial charge in [-0.25, -0.2) is 4.79 Å². The van der Waals surface area contributed by atoms with Crippen molar-refractivity contribution >= 4 is 41.8 Å². The Labute approximate surface area is 141 Å². The number of carbonyl (C=O) groups excluding carboxylic acids is 1. The van der Waals surface area contributed by atoms with E-state index >= 15 is 0 Å². The lowest BCUT2D eigenvalue weighted by Crippen LogP contribution is -2.35. The van der Waals surface area contributed by atoms with Crippen LogP contribution in [0.25, 0.3) is 0 Å². The predicted molar refractivity (Wildman–Crippen MR) is 90.2 cm³/mol. The van der Waals surface area contributed by atoms with E-state index in [2.05, 4.69) is 0 Å². The lowest BCUT2D eigenvalue weighted by Gasteiger charge is -2.29. The molecule has 1 aromatic rings. The molecule has 0 aliphatic rings. The smallest absolute Gasteiger partial charge is 0.353 e. The van der Waals surface area contributed by atoms with Crippen molar-refractivity contribution in [3.8, 4) is 0 Å². The Bertz CT molecular complexity index is 532. The van der Waals surface area contributed by atoms with Gasteiger partial charge in [0.15, 0.2) is 0 Å². The first-order valence-electron chi connectivity index (χ1n) is 7.15. The third-order valence-corrected chi connectivity index (χ3v) is 6.92. The fourth-order valence-electron chi connectivity index (χ4n) is 1.68. The van der Waals surface area contributed by atoms with Gasteiger partial charge in [0.1, 0.15) is 0 Å². The van der Waals surface area contributed by atoms with Gasteiger partial charge in [0.25, 0.3) is 11.4 Å². The monoisotopic (exact) mass is 366 g/mol. The van der Waals surface area contributed by atoms with E-state index in [0.717, 1.165) is 6.42 Å². The molecule has 0 saturated heterocycles. The quantitative estimate of drug-likeness (QED) is 0.294. The Balaban J connectivity index is 3.19. The Morgan fingerprint density at radius 2 is 1.86 bits per heavy atom. The molecule has 1 rings (SSSR count). The van der Waals surface area contributed by atoms with E-state index in [1.54, 1.807) is 44.2 Å². The van der Waals surface area contributed by atoms with Crippen LogP contribution in [0.3, 0.4) is 0 Å².